The standard InChI is InChI=1S/C13H14ClF3N2/c1-12(2,8-18)6-7-19-11-9(13(15,16)17)4-3-5-10(11)14/h3-5,19H,6-7H2,1-2H3. The van der Waals surface area contributed by atoms with E-state index >= 15 is 0 Å². The average molecular weight is 291 g/mol. The zero-order valence-electron chi connectivity index (χ0n) is 10.6. The van der Waals surface area contributed by atoms with Gasteiger partial charge in [0.05, 0.1) is 27.8 Å². The van der Waals surface area contributed by atoms with Crippen LogP contribution >= 0.6 is 11.6 Å². The quantitative estimate of drug-likeness (QED) is 0.871. The van der Waals surface area contributed by atoms with Gasteiger partial charge in [0.25, 0.3) is 0 Å². The number of nitrogens with one attached hydrogen (secondary N) is 1. The number of alkyl halides is 3. The average Bonchev–Trinajstić information content (AvgIpc) is 2.29. The molecule has 6 heteroatoms. The summed E-state index contributed by atoms with van der Waals surface area (Å²) < 4.78 is 38.4. The third kappa shape index (κ3) is 4.32. The SMILES string of the molecule is CC(C)(C#N)CCNc1c(Cl)cccc1C(F)(F)F. The van der Waals surface area contributed by atoms with Crippen molar-refractivity contribution < 1.29 is 13.2 Å². The zero-order valence-corrected chi connectivity index (χ0v) is 11.4. The number of para-hydroxylation sites is 1. The molecule has 1 aromatic carbocycles. The van der Waals surface area contributed by atoms with Gasteiger partial charge in [-0.15, -0.1) is 0 Å². The largest absolute Gasteiger partial charge is 0.418 e. The zero-order chi connectivity index (χ0) is 14.7. The van der Waals surface area contributed by atoms with Crippen molar-refractivity contribution in [3.63, 3.8) is 0 Å². The molecule has 104 valence electrons. The first kappa shape index (κ1) is 15.6. The van der Waals surface area contributed by atoms with Gasteiger partial charge in [0, 0.05) is 6.54 Å². The van der Waals surface area contributed by atoms with E-state index in [0.717, 1.165) is 6.07 Å². The first-order chi connectivity index (χ1) is 8.67. The second-order valence-electron chi connectivity index (χ2n) is 4.83. The predicted octanol–water partition coefficient (Wildman–Crippen LogP) is 4.71. The Kier molecular flexibility index (Phi) is 4.70. The van der Waals surface area contributed by atoms with Crippen molar-refractivity contribution in [3.8, 4) is 6.07 Å². The van der Waals surface area contributed by atoms with Crippen molar-refractivity contribution in [2.24, 2.45) is 5.41 Å². The van der Waals surface area contributed by atoms with Crippen LogP contribution in [0.5, 0.6) is 0 Å². The molecule has 0 saturated carbocycles. The summed E-state index contributed by atoms with van der Waals surface area (Å²) in [6.07, 6.45) is -4.04. The van der Waals surface area contributed by atoms with Crippen molar-refractivity contribution in [2.45, 2.75) is 26.4 Å². The van der Waals surface area contributed by atoms with Gasteiger partial charge in [0.15, 0.2) is 0 Å². The lowest BCUT2D eigenvalue weighted by Crippen LogP contribution is -2.17. The van der Waals surface area contributed by atoms with E-state index in [4.69, 9.17) is 16.9 Å². The Bertz CT molecular complexity index is 490. The maximum Gasteiger partial charge on any atom is 0.418 e. The molecule has 1 aromatic rings. The molecule has 0 heterocycles. The molecule has 0 aliphatic heterocycles. The van der Waals surface area contributed by atoms with Gasteiger partial charge >= 0.3 is 6.18 Å². The van der Waals surface area contributed by atoms with Gasteiger partial charge < -0.3 is 5.32 Å². The van der Waals surface area contributed by atoms with Crippen molar-refractivity contribution >= 4 is 17.3 Å². The highest BCUT2D eigenvalue weighted by molar-refractivity contribution is 6.33. The molecule has 0 amide bonds. The molecule has 0 saturated heterocycles. The van der Waals surface area contributed by atoms with Crippen molar-refractivity contribution in [1.82, 2.24) is 0 Å². The van der Waals surface area contributed by atoms with Gasteiger partial charge in [-0.3, -0.25) is 0 Å². The second-order valence-corrected chi connectivity index (χ2v) is 5.24. The van der Waals surface area contributed by atoms with E-state index in [0.29, 0.717) is 6.42 Å². The van der Waals surface area contributed by atoms with Gasteiger partial charge in [0.1, 0.15) is 0 Å². The third-order valence-electron chi connectivity index (χ3n) is 2.67. The molecule has 19 heavy (non-hydrogen) atoms. The molecule has 0 unspecified atom stereocenters. The van der Waals surface area contributed by atoms with Gasteiger partial charge in [0.2, 0.25) is 0 Å². The van der Waals surface area contributed by atoms with Crippen molar-refractivity contribution in [1.29, 1.82) is 5.26 Å². The molecule has 0 radical (unpaired) electrons. The van der Waals surface area contributed by atoms with E-state index in [1.54, 1.807) is 13.8 Å². The Hall–Kier alpha value is -1.41. The number of halogens is 4. The van der Waals surface area contributed by atoms with E-state index in [1.807, 2.05) is 0 Å². The molecular formula is C13H14ClF3N2. The molecule has 0 fully saturated rings. The Labute approximate surface area is 115 Å². The van der Waals surface area contributed by atoms with Crippen LogP contribution in [0.1, 0.15) is 25.8 Å². The molecular weight excluding hydrogens is 277 g/mol. The van der Waals surface area contributed by atoms with E-state index in [1.165, 1.54) is 12.1 Å². The van der Waals surface area contributed by atoms with Gasteiger partial charge in [-0.25, -0.2) is 0 Å². The van der Waals surface area contributed by atoms with Gasteiger partial charge in [-0.1, -0.05) is 17.7 Å². The number of rotatable bonds is 4. The fourth-order valence-corrected chi connectivity index (χ4v) is 1.74. The highest BCUT2D eigenvalue weighted by atomic mass is 35.5. The highest BCUT2D eigenvalue weighted by Gasteiger charge is 2.34. The topological polar surface area (TPSA) is 35.8 Å². The van der Waals surface area contributed by atoms with Crippen LogP contribution in [0.15, 0.2) is 18.2 Å². The van der Waals surface area contributed by atoms with Crippen molar-refractivity contribution in [2.75, 3.05) is 11.9 Å². The van der Waals surface area contributed by atoms with Crippen LogP contribution in [0, 0.1) is 16.7 Å². The summed E-state index contributed by atoms with van der Waals surface area (Å²) in [5, 5.41) is 11.5. The maximum atomic E-state index is 12.8. The predicted molar refractivity (Wildman–Crippen MR) is 69.0 cm³/mol. The lowest BCUT2D eigenvalue weighted by Gasteiger charge is -2.19. The minimum absolute atomic E-state index is 0.0181. The summed E-state index contributed by atoms with van der Waals surface area (Å²) in [4.78, 5) is 0. The van der Waals surface area contributed by atoms with Crippen LogP contribution in [-0.2, 0) is 6.18 Å². The van der Waals surface area contributed by atoms with E-state index < -0.39 is 17.2 Å². The first-order valence-electron chi connectivity index (χ1n) is 5.68. The highest BCUT2D eigenvalue weighted by Crippen LogP contribution is 2.38. The molecule has 0 aliphatic rings. The monoisotopic (exact) mass is 290 g/mol. The molecule has 0 spiro atoms. The maximum absolute atomic E-state index is 12.8. The molecule has 1 rings (SSSR count). The molecule has 0 aliphatic carbocycles. The van der Waals surface area contributed by atoms with E-state index in [2.05, 4.69) is 11.4 Å². The van der Waals surface area contributed by atoms with Crippen LogP contribution in [0.3, 0.4) is 0 Å². The molecule has 0 atom stereocenters. The minimum Gasteiger partial charge on any atom is -0.383 e. The Balaban J connectivity index is 2.87. The summed E-state index contributed by atoms with van der Waals surface area (Å²) in [6, 6.07) is 5.72. The van der Waals surface area contributed by atoms with Gasteiger partial charge in [-0.2, -0.15) is 18.4 Å². The van der Waals surface area contributed by atoms with Crippen LogP contribution < -0.4 is 5.32 Å². The van der Waals surface area contributed by atoms with Crippen LogP contribution in [-0.4, -0.2) is 6.54 Å². The Morgan fingerprint density at radius 3 is 2.47 bits per heavy atom. The molecule has 0 bridgehead atoms. The summed E-state index contributed by atoms with van der Waals surface area (Å²) in [5.74, 6) is 0. The van der Waals surface area contributed by atoms with Crippen LogP contribution in [0.25, 0.3) is 0 Å². The number of hydrogen-bond acceptors (Lipinski definition) is 2. The normalized spacial score (nSPS) is 12.1. The van der Waals surface area contributed by atoms with Gasteiger partial charge in [-0.05, 0) is 32.4 Å². The smallest absolute Gasteiger partial charge is 0.383 e. The summed E-state index contributed by atoms with van der Waals surface area (Å²) >= 11 is 5.79. The summed E-state index contributed by atoms with van der Waals surface area (Å²) in [7, 11) is 0. The van der Waals surface area contributed by atoms with Crippen molar-refractivity contribution in [3.05, 3.63) is 28.8 Å². The summed E-state index contributed by atoms with van der Waals surface area (Å²) in [5.41, 5.74) is -1.52. The fourth-order valence-electron chi connectivity index (χ4n) is 1.50. The number of nitriles is 1. The fraction of sp³-hybridized carbons (Fsp3) is 0.462. The first-order valence-corrected chi connectivity index (χ1v) is 6.06. The number of nitrogens with zero attached hydrogens (tertiary/aromatic N) is 1. The number of benzene rings is 1. The minimum atomic E-state index is -4.46. The molecule has 0 aromatic heterocycles. The molecule has 1 N–H and O–H groups in total. The number of hydrogen-bond donors (Lipinski definition) is 1. The Morgan fingerprint density at radius 2 is 1.95 bits per heavy atom. The second kappa shape index (κ2) is 5.70. The lowest BCUT2D eigenvalue weighted by atomic mass is 9.91. The van der Waals surface area contributed by atoms with E-state index in [9.17, 15) is 13.2 Å². The lowest BCUT2D eigenvalue weighted by molar-refractivity contribution is -0.136. The van der Waals surface area contributed by atoms with E-state index in [-0.39, 0.29) is 17.3 Å². The van der Waals surface area contributed by atoms with Crippen LogP contribution in [0.2, 0.25) is 5.02 Å². The Morgan fingerprint density at radius 1 is 1.32 bits per heavy atom. The summed E-state index contributed by atoms with van der Waals surface area (Å²) in [6.45, 7) is 3.70. The number of anilines is 1. The molecule has 2 nitrogen and oxygen atoms in total. The third-order valence-corrected chi connectivity index (χ3v) is 2.99. The van der Waals surface area contributed by atoms with Crippen LogP contribution in [0.4, 0.5) is 18.9 Å².